The molecule has 1 saturated heterocycles. The van der Waals surface area contributed by atoms with Crippen molar-refractivity contribution in [2.75, 3.05) is 13.2 Å². The number of hydrogen-bond donors (Lipinski definition) is 1. The fraction of sp³-hybridized carbons (Fsp3) is 0.529. The van der Waals surface area contributed by atoms with E-state index in [0.29, 0.717) is 31.1 Å². The minimum Gasteiger partial charge on any atom is -0.493 e. The third-order valence-electron chi connectivity index (χ3n) is 4.02. The van der Waals surface area contributed by atoms with Crippen LogP contribution in [-0.2, 0) is 4.79 Å². The summed E-state index contributed by atoms with van der Waals surface area (Å²) in [5.74, 6) is -0.243. The highest BCUT2D eigenvalue weighted by Crippen LogP contribution is 2.26. The van der Waals surface area contributed by atoms with Crippen LogP contribution in [0.5, 0.6) is 5.75 Å². The van der Waals surface area contributed by atoms with Crippen LogP contribution in [0.1, 0.15) is 37.6 Å². The first-order chi connectivity index (χ1) is 10.4. The van der Waals surface area contributed by atoms with E-state index in [2.05, 4.69) is 13.8 Å². The summed E-state index contributed by atoms with van der Waals surface area (Å²) in [6.07, 6.45) is 0.512. The summed E-state index contributed by atoms with van der Waals surface area (Å²) in [5, 5.41) is 9.14. The maximum Gasteiger partial charge on any atom is 0.308 e. The lowest BCUT2D eigenvalue weighted by atomic mass is 10.0. The van der Waals surface area contributed by atoms with Gasteiger partial charge in [0.15, 0.2) is 0 Å². The molecule has 5 heteroatoms. The molecule has 1 fully saturated rings. The number of amides is 1. The molecule has 0 spiro atoms. The van der Waals surface area contributed by atoms with Gasteiger partial charge in [-0.25, -0.2) is 0 Å². The molecule has 0 radical (unpaired) electrons. The van der Waals surface area contributed by atoms with Crippen LogP contribution < -0.4 is 4.74 Å². The van der Waals surface area contributed by atoms with Gasteiger partial charge in [0.25, 0.3) is 5.91 Å². The van der Waals surface area contributed by atoms with Gasteiger partial charge < -0.3 is 14.7 Å². The Morgan fingerprint density at radius 2 is 1.95 bits per heavy atom. The number of carboxylic acid groups (broad SMARTS) is 1. The maximum atomic E-state index is 12.5. The third-order valence-corrected chi connectivity index (χ3v) is 4.02. The number of likely N-dealkylation sites (tertiary alicyclic amines) is 1. The number of benzene rings is 1. The van der Waals surface area contributed by atoms with Crippen molar-refractivity contribution in [3.63, 3.8) is 0 Å². The number of ether oxygens (including phenoxy) is 1. The van der Waals surface area contributed by atoms with Gasteiger partial charge in [-0.2, -0.15) is 0 Å². The molecule has 5 nitrogen and oxygen atoms in total. The Balaban J connectivity index is 2.02. The van der Waals surface area contributed by atoms with E-state index >= 15 is 0 Å². The van der Waals surface area contributed by atoms with Gasteiger partial charge in [0, 0.05) is 18.2 Å². The molecule has 1 aliphatic heterocycles. The number of carboxylic acids is 1. The first-order valence-electron chi connectivity index (χ1n) is 7.66. The van der Waals surface area contributed by atoms with Gasteiger partial charge in [-0.1, -0.05) is 13.8 Å². The Bertz CT molecular complexity index is 538. The molecule has 0 saturated carbocycles. The van der Waals surface area contributed by atoms with Crippen LogP contribution in [0.2, 0.25) is 0 Å². The first-order valence-corrected chi connectivity index (χ1v) is 7.66. The van der Waals surface area contributed by atoms with Crippen molar-refractivity contribution in [2.24, 2.45) is 11.8 Å². The summed E-state index contributed by atoms with van der Waals surface area (Å²) >= 11 is 0. The van der Waals surface area contributed by atoms with Crippen LogP contribution in [-0.4, -0.2) is 41.1 Å². The average Bonchev–Trinajstić information content (AvgIpc) is 2.86. The Labute approximate surface area is 130 Å². The summed E-state index contributed by atoms with van der Waals surface area (Å²) in [5.41, 5.74) is 0.565. The molecule has 0 aliphatic carbocycles. The summed E-state index contributed by atoms with van der Waals surface area (Å²) in [4.78, 5) is 25.3. The SMILES string of the molecule is CC(C)COc1ccc(C(=O)N2CCC(C(=O)O)C2C)cc1. The molecule has 1 N–H and O–H groups in total. The van der Waals surface area contributed by atoms with Gasteiger partial charge in [-0.05, 0) is 43.5 Å². The Morgan fingerprint density at radius 3 is 2.45 bits per heavy atom. The zero-order valence-corrected chi connectivity index (χ0v) is 13.3. The van der Waals surface area contributed by atoms with Gasteiger partial charge in [-0.15, -0.1) is 0 Å². The second-order valence-electron chi connectivity index (χ2n) is 6.20. The lowest BCUT2D eigenvalue weighted by Crippen LogP contribution is -2.37. The summed E-state index contributed by atoms with van der Waals surface area (Å²) in [6.45, 7) is 7.07. The van der Waals surface area contributed by atoms with E-state index in [1.165, 1.54) is 0 Å². The van der Waals surface area contributed by atoms with Gasteiger partial charge in [0.2, 0.25) is 0 Å². The van der Waals surface area contributed by atoms with Crippen molar-refractivity contribution >= 4 is 11.9 Å². The van der Waals surface area contributed by atoms with Crippen LogP contribution in [0.3, 0.4) is 0 Å². The summed E-state index contributed by atoms with van der Waals surface area (Å²) < 4.78 is 5.59. The Kier molecular flexibility index (Phi) is 5.06. The minimum absolute atomic E-state index is 0.119. The highest BCUT2D eigenvalue weighted by Gasteiger charge is 2.38. The van der Waals surface area contributed by atoms with E-state index in [1.54, 1.807) is 36.1 Å². The maximum absolute atomic E-state index is 12.5. The molecular weight excluding hydrogens is 282 g/mol. The zero-order chi connectivity index (χ0) is 16.3. The van der Waals surface area contributed by atoms with E-state index in [-0.39, 0.29) is 11.9 Å². The van der Waals surface area contributed by atoms with Crippen molar-refractivity contribution in [1.82, 2.24) is 4.90 Å². The van der Waals surface area contributed by atoms with Crippen LogP contribution in [0.15, 0.2) is 24.3 Å². The highest BCUT2D eigenvalue weighted by molar-refractivity contribution is 5.95. The van der Waals surface area contributed by atoms with Crippen molar-refractivity contribution < 1.29 is 19.4 Å². The number of nitrogens with zero attached hydrogens (tertiary/aromatic N) is 1. The third kappa shape index (κ3) is 3.59. The Hall–Kier alpha value is -2.04. The van der Waals surface area contributed by atoms with Crippen LogP contribution >= 0.6 is 0 Å². The first kappa shape index (κ1) is 16.3. The molecule has 1 aromatic rings. The molecule has 1 heterocycles. The van der Waals surface area contributed by atoms with Crippen molar-refractivity contribution in [1.29, 1.82) is 0 Å². The lowest BCUT2D eigenvalue weighted by molar-refractivity contribution is -0.142. The second-order valence-corrected chi connectivity index (χ2v) is 6.20. The van der Waals surface area contributed by atoms with Gasteiger partial charge in [0.05, 0.1) is 12.5 Å². The zero-order valence-electron chi connectivity index (χ0n) is 13.3. The standard InChI is InChI=1S/C17H23NO4/c1-11(2)10-22-14-6-4-13(5-7-14)16(19)18-9-8-15(12(18)3)17(20)21/h4-7,11-12,15H,8-10H2,1-3H3,(H,20,21). The van der Waals surface area contributed by atoms with Crippen molar-refractivity contribution in [3.05, 3.63) is 29.8 Å². The topological polar surface area (TPSA) is 66.8 Å². The van der Waals surface area contributed by atoms with Gasteiger partial charge in [-0.3, -0.25) is 9.59 Å². The second kappa shape index (κ2) is 6.81. The van der Waals surface area contributed by atoms with Crippen molar-refractivity contribution in [3.8, 4) is 5.75 Å². The van der Waals surface area contributed by atoms with Crippen LogP contribution in [0.4, 0.5) is 0 Å². The van der Waals surface area contributed by atoms with E-state index in [9.17, 15) is 9.59 Å². The molecule has 1 amide bonds. The molecule has 22 heavy (non-hydrogen) atoms. The fourth-order valence-electron chi connectivity index (χ4n) is 2.68. The van der Waals surface area contributed by atoms with E-state index in [4.69, 9.17) is 9.84 Å². The molecule has 1 aliphatic rings. The molecule has 1 aromatic carbocycles. The van der Waals surface area contributed by atoms with E-state index < -0.39 is 11.9 Å². The Morgan fingerprint density at radius 1 is 1.32 bits per heavy atom. The number of aliphatic carboxylic acids is 1. The molecule has 0 bridgehead atoms. The van der Waals surface area contributed by atoms with Crippen LogP contribution in [0.25, 0.3) is 0 Å². The number of carbonyl (C=O) groups excluding carboxylic acids is 1. The number of rotatable bonds is 5. The summed E-state index contributed by atoms with van der Waals surface area (Å²) in [6, 6.07) is 6.76. The van der Waals surface area contributed by atoms with Crippen LogP contribution in [0, 0.1) is 11.8 Å². The average molecular weight is 305 g/mol. The highest BCUT2D eigenvalue weighted by atomic mass is 16.5. The molecule has 2 unspecified atom stereocenters. The monoisotopic (exact) mass is 305 g/mol. The molecular formula is C17H23NO4. The quantitative estimate of drug-likeness (QED) is 0.908. The van der Waals surface area contributed by atoms with Crippen molar-refractivity contribution in [2.45, 2.75) is 33.2 Å². The number of hydrogen-bond acceptors (Lipinski definition) is 3. The fourth-order valence-corrected chi connectivity index (χ4v) is 2.68. The number of carbonyl (C=O) groups is 2. The predicted octanol–water partition coefficient (Wildman–Crippen LogP) is 2.66. The molecule has 120 valence electrons. The minimum atomic E-state index is -0.833. The molecule has 2 atom stereocenters. The summed E-state index contributed by atoms with van der Waals surface area (Å²) in [7, 11) is 0. The largest absolute Gasteiger partial charge is 0.493 e. The van der Waals surface area contributed by atoms with E-state index in [1.807, 2.05) is 0 Å². The molecule has 2 rings (SSSR count). The molecule has 0 aromatic heterocycles. The van der Waals surface area contributed by atoms with Gasteiger partial charge >= 0.3 is 5.97 Å². The van der Waals surface area contributed by atoms with E-state index in [0.717, 1.165) is 5.75 Å². The lowest BCUT2D eigenvalue weighted by Gasteiger charge is -2.23. The smallest absolute Gasteiger partial charge is 0.308 e. The predicted molar refractivity (Wildman–Crippen MR) is 83.0 cm³/mol. The normalized spacial score (nSPS) is 21.2. The van der Waals surface area contributed by atoms with Gasteiger partial charge in [0.1, 0.15) is 5.75 Å².